The Bertz CT molecular complexity index is 1140. The van der Waals surface area contributed by atoms with Gasteiger partial charge in [0.05, 0.1) is 22.4 Å². The fourth-order valence-corrected chi connectivity index (χ4v) is 5.21. The molecule has 3 aromatic rings. The van der Waals surface area contributed by atoms with Gasteiger partial charge in [-0.05, 0) is 17.7 Å². The number of carbonyl (C=O) groups excluding carboxylic acids is 1. The monoisotopic (exact) mass is 474 g/mol. The third-order valence-electron chi connectivity index (χ3n) is 5.57. The van der Waals surface area contributed by atoms with Crippen LogP contribution in [-0.4, -0.2) is 48.3 Å². The average Bonchev–Trinajstić information content (AvgIpc) is 3.53. The molecule has 0 radical (unpaired) electrons. The topological polar surface area (TPSA) is 85.1 Å². The Morgan fingerprint density at radius 2 is 2.03 bits per heavy atom. The highest BCUT2D eigenvalue weighted by atomic mass is 35.5. The van der Waals surface area contributed by atoms with E-state index < -0.39 is 5.82 Å². The second-order valence-corrected chi connectivity index (χ2v) is 9.47. The number of fused-ring (bicyclic) bond motifs is 2. The van der Waals surface area contributed by atoms with Crippen LogP contribution in [0.3, 0.4) is 0 Å². The molecule has 7 nitrogen and oxygen atoms in total. The van der Waals surface area contributed by atoms with Gasteiger partial charge in [0, 0.05) is 42.0 Å². The summed E-state index contributed by atoms with van der Waals surface area (Å²) in [6.45, 7) is 2.99. The van der Waals surface area contributed by atoms with Crippen molar-refractivity contribution in [3.63, 3.8) is 0 Å². The summed E-state index contributed by atoms with van der Waals surface area (Å²) < 4.78 is 15.5. The molecule has 3 aliphatic rings. The summed E-state index contributed by atoms with van der Waals surface area (Å²) in [5, 5.41) is 17.2. The van der Waals surface area contributed by atoms with Crippen LogP contribution >= 0.6 is 23.4 Å². The molecule has 168 valence electrons. The first-order chi connectivity index (χ1) is 15.7. The van der Waals surface area contributed by atoms with Gasteiger partial charge in [0.2, 0.25) is 6.41 Å². The molecular weight excluding hydrogens is 451 g/mol. The number of rotatable bonds is 4. The van der Waals surface area contributed by atoms with E-state index >= 15 is 4.39 Å². The molecule has 32 heavy (non-hydrogen) atoms. The van der Waals surface area contributed by atoms with Gasteiger partial charge in [0.1, 0.15) is 5.69 Å². The molecule has 1 saturated carbocycles. The van der Waals surface area contributed by atoms with E-state index in [1.807, 2.05) is 23.1 Å². The summed E-state index contributed by atoms with van der Waals surface area (Å²) in [5.41, 5.74) is 3.22. The van der Waals surface area contributed by atoms with Crippen LogP contribution in [0.4, 0.5) is 15.8 Å². The van der Waals surface area contributed by atoms with E-state index in [0.717, 1.165) is 34.6 Å². The molecule has 2 aromatic carbocycles. The molecule has 1 atom stereocenters. The van der Waals surface area contributed by atoms with Gasteiger partial charge < -0.3 is 20.9 Å². The predicted octanol–water partition coefficient (Wildman–Crippen LogP) is 4.15. The van der Waals surface area contributed by atoms with E-state index in [1.54, 1.807) is 6.20 Å². The number of piperazine rings is 1. The summed E-state index contributed by atoms with van der Waals surface area (Å²) in [4.78, 5) is 13.7. The van der Waals surface area contributed by atoms with E-state index in [2.05, 4.69) is 26.1 Å². The minimum absolute atomic E-state index is 0.0888. The van der Waals surface area contributed by atoms with Gasteiger partial charge in [-0.25, -0.2) is 4.39 Å². The summed E-state index contributed by atoms with van der Waals surface area (Å²) in [6, 6.07) is 5.76. The number of thioether (sulfide) groups is 1. The van der Waals surface area contributed by atoms with Crippen LogP contribution in [-0.2, 0) is 4.79 Å². The molecule has 1 unspecified atom stereocenters. The Kier molecular flexibility index (Phi) is 6.12. The van der Waals surface area contributed by atoms with Gasteiger partial charge in [0.25, 0.3) is 0 Å². The normalized spacial score (nSPS) is 19.1. The number of hydrogen-bond donors (Lipinski definition) is 4. The maximum Gasteiger partial charge on any atom is 0.209 e. The predicted molar refractivity (Wildman–Crippen MR) is 128 cm³/mol. The average molecular weight is 475 g/mol. The van der Waals surface area contributed by atoms with E-state index in [1.165, 1.54) is 31.0 Å². The number of H-pyrrole nitrogens is 1. The van der Waals surface area contributed by atoms with Crippen molar-refractivity contribution in [3.8, 4) is 11.1 Å². The standard InChI is InChI=1S/C19H18ClFN6OS.C3H6/c20-15-14(10-1-2-12-13(7-10)29-19(25-12)23-9-28)11-8-24-26-17(11)18(16(15)21)27-5-3-22-4-6-27;1-2-3-1/h1-2,7-9,19,22,25H,3-6H2,(H,23,28)(H,24,26);1-3H2. The van der Waals surface area contributed by atoms with E-state index in [-0.39, 0.29) is 10.5 Å². The Balaban J connectivity index is 0.000000666. The molecule has 2 aliphatic heterocycles. The summed E-state index contributed by atoms with van der Waals surface area (Å²) in [5.74, 6) is -0.438. The third kappa shape index (κ3) is 4.12. The van der Waals surface area contributed by atoms with Gasteiger partial charge in [-0.15, -0.1) is 0 Å². The van der Waals surface area contributed by atoms with Crippen molar-refractivity contribution in [2.45, 2.75) is 29.7 Å². The molecule has 1 saturated heterocycles. The Morgan fingerprint density at radius 3 is 2.75 bits per heavy atom. The molecule has 10 heteroatoms. The number of aromatic amines is 1. The van der Waals surface area contributed by atoms with Crippen LogP contribution in [0, 0.1) is 5.82 Å². The van der Waals surface area contributed by atoms with Crippen LogP contribution in [0.15, 0.2) is 29.3 Å². The molecular formula is C22H24ClFN6OS. The van der Waals surface area contributed by atoms with Crippen molar-refractivity contribution in [1.29, 1.82) is 0 Å². The Morgan fingerprint density at radius 1 is 1.25 bits per heavy atom. The summed E-state index contributed by atoms with van der Waals surface area (Å²) in [7, 11) is 0. The molecule has 0 bridgehead atoms. The van der Waals surface area contributed by atoms with Gasteiger partial charge in [-0.3, -0.25) is 9.89 Å². The number of nitrogens with zero attached hydrogens (tertiary/aromatic N) is 2. The lowest BCUT2D eigenvalue weighted by molar-refractivity contribution is -0.109. The molecule has 2 fully saturated rings. The van der Waals surface area contributed by atoms with Crippen molar-refractivity contribution < 1.29 is 9.18 Å². The SMILES string of the molecule is C1CC1.O=CNC1Nc2ccc(-c3c(Cl)c(F)c(N4CCNCC4)c4[nH]ncc34)cc2S1. The smallest absolute Gasteiger partial charge is 0.209 e. The highest BCUT2D eigenvalue weighted by Crippen LogP contribution is 2.45. The number of nitrogens with one attached hydrogen (secondary N) is 4. The maximum atomic E-state index is 15.5. The zero-order valence-corrected chi connectivity index (χ0v) is 19.0. The molecule has 4 N–H and O–H groups in total. The number of amides is 1. The largest absolute Gasteiger partial charge is 0.365 e. The Labute approximate surface area is 194 Å². The lowest BCUT2D eigenvalue weighted by Gasteiger charge is -2.30. The van der Waals surface area contributed by atoms with Gasteiger partial charge in [-0.1, -0.05) is 48.7 Å². The van der Waals surface area contributed by atoms with Gasteiger partial charge >= 0.3 is 0 Å². The molecule has 6 rings (SSSR count). The lowest BCUT2D eigenvalue weighted by Crippen LogP contribution is -2.44. The number of halogens is 2. The molecule has 1 aliphatic carbocycles. The van der Waals surface area contributed by atoms with Gasteiger partial charge in [0.15, 0.2) is 11.3 Å². The van der Waals surface area contributed by atoms with Crippen molar-refractivity contribution in [3.05, 3.63) is 35.2 Å². The number of aromatic nitrogens is 2. The zero-order valence-electron chi connectivity index (χ0n) is 17.4. The van der Waals surface area contributed by atoms with Crippen molar-refractivity contribution in [1.82, 2.24) is 20.8 Å². The number of benzene rings is 2. The van der Waals surface area contributed by atoms with Crippen LogP contribution < -0.4 is 20.9 Å². The Hall–Kier alpha value is -2.49. The summed E-state index contributed by atoms with van der Waals surface area (Å²) >= 11 is 8.06. The first kappa shape index (κ1) is 21.4. The molecule has 0 spiro atoms. The highest BCUT2D eigenvalue weighted by Gasteiger charge is 2.27. The first-order valence-corrected chi connectivity index (χ1v) is 12.0. The number of hydrogen-bond acceptors (Lipinski definition) is 6. The summed E-state index contributed by atoms with van der Waals surface area (Å²) in [6.07, 6.45) is 6.85. The van der Waals surface area contributed by atoms with E-state index in [0.29, 0.717) is 36.3 Å². The first-order valence-electron chi connectivity index (χ1n) is 10.7. The number of carbonyl (C=O) groups is 1. The fraction of sp³-hybridized carbons (Fsp3) is 0.364. The second-order valence-electron chi connectivity index (χ2n) is 7.95. The van der Waals surface area contributed by atoms with Crippen LogP contribution in [0.1, 0.15) is 19.3 Å². The number of anilines is 2. The van der Waals surface area contributed by atoms with Crippen molar-refractivity contribution in [2.75, 3.05) is 36.4 Å². The minimum Gasteiger partial charge on any atom is -0.365 e. The minimum atomic E-state index is -0.438. The van der Waals surface area contributed by atoms with Crippen molar-refractivity contribution >= 4 is 52.1 Å². The zero-order chi connectivity index (χ0) is 22.1. The quantitative estimate of drug-likeness (QED) is 0.425. The van der Waals surface area contributed by atoms with Crippen molar-refractivity contribution in [2.24, 2.45) is 0 Å². The molecule has 1 aromatic heterocycles. The second kappa shape index (κ2) is 9.17. The van der Waals surface area contributed by atoms with Crippen LogP contribution in [0.5, 0.6) is 0 Å². The van der Waals surface area contributed by atoms with Crippen LogP contribution in [0.25, 0.3) is 22.0 Å². The lowest BCUT2D eigenvalue weighted by atomic mass is 9.99. The molecule has 1 amide bonds. The van der Waals surface area contributed by atoms with E-state index in [4.69, 9.17) is 11.6 Å². The van der Waals surface area contributed by atoms with Crippen LogP contribution in [0.2, 0.25) is 5.02 Å². The third-order valence-corrected chi connectivity index (χ3v) is 7.01. The molecule has 3 heterocycles. The highest BCUT2D eigenvalue weighted by molar-refractivity contribution is 8.00. The maximum absolute atomic E-state index is 15.5. The van der Waals surface area contributed by atoms with E-state index in [9.17, 15) is 4.79 Å². The fourth-order valence-electron chi connectivity index (χ4n) is 3.90. The van der Waals surface area contributed by atoms with Gasteiger partial charge in [-0.2, -0.15) is 5.10 Å².